The van der Waals surface area contributed by atoms with Gasteiger partial charge in [-0.2, -0.15) is 0 Å². The highest BCUT2D eigenvalue weighted by Crippen LogP contribution is 2.34. The fourth-order valence-electron chi connectivity index (χ4n) is 3.16. The number of furan rings is 1. The van der Waals surface area contributed by atoms with Crippen molar-refractivity contribution in [3.63, 3.8) is 0 Å². The summed E-state index contributed by atoms with van der Waals surface area (Å²) in [6.07, 6.45) is 6.82. The van der Waals surface area contributed by atoms with Crippen LogP contribution in [-0.4, -0.2) is 34.5 Å². The average Bonchev–Trinajstić information content (AvgIpc) is 2.95. The Bertz CT molecular complexity index is 514. The van der Waals surface area contributed by atoms with Crippen LogP contribution in [0.5, 0.6) is 0 Å². The van der Waals surface area contributed by atoms with Crippen molar-refractivity contribution in [3.05, 3.63) is 23.7 Å². The van der Waals surface area contributed by atoms with E-state index in [1.165, 1.54) is 11.2 Å². The molecule has 0 aliphatic heterocycles. The third-order valence-corrected chi connectivity index (χ3v) is 4.48. The lowest BCUT2D eigenvalue weighted by Gasteiger charge is -2.40. The first kappa shape index (κ1) is 15.6. The zero-order valence-corrected chi connectivity index (χ0v) is 12.7. The molecule has 0 aromatic carbocycles. The van der Waals surface area contributed by atoms with Gasteiger partial charge in [-0.3, -0.25) is 4.79 Å². The van der Waals surface area contributed by atoms with Crippen LogP contribution in [0.4, 0.5) is 0 Å². The van der Waals surface area contributed by atoms with Gasteiger partial charge in [0.05, 0.1) is 11.8 Å². The van der Waals surface area contributed by atoms with Crippen LogP contribution in [0.3, 0.4) is 0 Å². The van der Waals surface area contributed by atoms with Gasteiger partial charge in [0.15, 0.2) is 0 Å². The van der Waals surface area contributed by atoms with Gasteiger partial charge in [0.1, 0.15) is 11.3 Å². The summed E-state index contributed by atoms with van der Waals surface area (Å²) in [5.74, 6) is -0.513. The molecule has 1 aliphatic rings. The minimum atomic E-state index is -1.07. The van der Waals surface area contributed by atoms with E-state index in [-0.39, 0.29) is 5.91 Å². The number of hydrogen-bond acceptors (Lipinski definition) is 3. The third-order valence-electron chi connectivity index (χ3n) is 4.48. The van der Waals surface area contributed by atoms with Crippen molar-refractivity contribution in [2.24, 2.45) is 0 Å². The quantitative estimate of drug-likeness (QED) is 0.905. The van der Waals surface area contributed by atoms with E-state index in [4.69, 9.17) is 4.42 Å². The Balaban J connectivity index is 2.28. The normalized spacial score (nSPS) is 17.4. The molecular weight excluding hydrogens is 270 g/mol. The molecule has 5 nitrogen and oxygen atoms in total. The van der Waals surface area contributed by atoms with E-state index >= 15 is 0 Å². The summed E-state index contributed by atoms with van der Waals surface area (Å²) in [5.41, 5.74) is -0.582. The highest BCUT2D eigenvalue weighted by molar-refractivity contribution is 5.98. The third kappa shape index (κ3) is 2.82. The molecule has 1 amide bonds. The molecule has 0 atom stereocenters. The molecule has 1 fully saturated rings. The Morgan fingerprint density at radius 2 is 2.00 bits per heavy atom. The number of aryl methyl sites for hydroxylation is 1. The number of aliphatic carboxylic acids is 1. The lowest BCUT2D eigenvalue weighted by molar-refractivity contribution is -0.151. The predicted molar refractivity (Wildman–Crippen MR) is 78.2 cm³/mol. The molecular formula is C16H23NO4. The Labute approximate surface area is 124 Å². The summed E-state index contributed by atoms with van der Waals surface area (Å²) in [6.45, 7) is 2.01. The SMILES string of the molecule is CCCc1occc1C(=O)N(C)C1(C(=O)O)CCCCC1. The largest absolute Gasteiger partial charge is 0.479 e. The molecule has 0 radical (unpaired) electrons. The van der Waals surface area contributed by atoms with Crippen LogP contribution in [0.25, 0.3) is 0 Å². The fourth-order valence-corrected chi connectivity index (χ4v) is 3.16. The molecule has 0 unspecified atom stereocenters. The van der Waals surface area contributed by atoms with E-state index in [2.05, 4.69) is 0 Å². The topological polar surface area (TPSA) is 70.8 Å². The summed E-state index contributed by atoms with van der Waals surface area (Å²) in [6, 6.07) is 1.64. The first-order chi connectivity index (χ1) is 10.0. The monoisotopic (exact) mass is 293 g/mol. The Hall–Kier alpha value is -1.78. The molecule has 1 N–H and O–H groups in total. The first-order valence-electron chi connectivity index (χ1n) is 7.61. The van der Waals surface area contributed by atoms with Crippen molar-refractivity contribution in [2.45, 2.75) is 57.4 Å². The maximum atomic E-state index is 12.7. The molecule has 1 aromatic rings. The van der Waals surface area contributed by atoms with Crippen LogP contribution in [0.2, 0.25) is 0 Å². The second-order valence-corrected chi connectivity index (χ2v) is 5.77. The molecule has 0 saturated heterocycles. The number of hydrogen-bond donors (Lipinski definition) is 1. The molecule has 21 heavy (non-hydrogen) atoms. The van der Waals surface area contributed by atoms with Gasteiger partial charge in [0.2, 0.25) is 0 Å². The van der Waals surface area contributed by atoms with Gasteiger partial charge in [-0.25, -0.2) is 4.79 Å². The molecule has 116 valence electrons. The van der Waals surface area contributed by atoms with Crippen molar-refractivity contribution in [2.75, 3.05) is 7.05 Å². The number of likely N-dealkylation sites (N-methyl/N-ethyl adjacent to an activating group) is 1. The fraction of sp³-hybridized carbons (Fsp3) is 0.625. The van der Waals surface area contributed by atoms with E-state index in [1.807, 2.05) is 6.92 Å². The zero-order chi connectivity index (χ0) is 15.5. The Kier molecular flexibility index (Phi) is 4.70. The number of rotatable bonds is 5. The molecule has 1 aromatic heterocycles. The highest BCUT2D eigenvalue weighted by Gasteiger charge is 2.46. The van der Waals surface area contributed by atoms with Crippen molar-refractivity contribution >= 4 is 11.9 Å². The molecule has 1 saturated carbocycles. The van der Waals surface area contributed by atoms with Gasteiger partial charge in [-0.1, -0.05) is 26.2 Å². The maximum Gasteiger partial charge on any atom is 0.329 e. The zero-order valence-electron chi connectivity index (χ0n) is 12.7. The molecule has 5 heteroatoms. The van der Waals surface area contributed by atoms with Crippen molar-refractivity contribution in [1.29, 1.82) is 0 Å². The van der Waals surface area contributed by atoms with E-state index in [0.717, 1.165) is 25.7 Å². The average molecular weight is 293 g/mol. The van der Waals surface area contributed by atoms with Crippen LogP contribution in [-0.2, 0) is 11.2 Å². The van der Waals surface area contributed by atoms with Gasteiger partial charge >= 0.3 is 5.97 Å². The van der Waals surface area contributed by atoms with Crippen molar-refractivity contribution < 1.29 is 19.1 Å². The van der Waals surface area contributed by atoms with E-state index in [9.17, 15) is 14.7 Å². The summed E-state index contributed by atoms with van der Waals surface area (Å²) in [5, 5.41) is 9.66. The molecule has 0 bridgehead atoms. The number of carboxylic acid groups (broad SMARTS) is 1. The summed E-state index contributed by atoms with van der Waals surface area (Å²) in [7, 11) is 1.60. The summed E-state index contributed by atoms with van der Waals surface area (Å²) < 4.78 is 5.36. The molecule has 2 rings (SSSR count). The maximum absolute atomic E-state index is 12.7. The first-order valence-corrected chi connectivity index (χ1v) is 7.61. The molecule has 0 spiro atoms. The van der Waals surface area contributed by atoms with Gasteiger partial charge in [0.25, 0.3) is 5.91 Å². The predicted octanol–water partition coefficient (Wildman–Crippen LogP) is 3.09. The van der Waals surface area contributed by atoms with Gasteiger partial charge < -0.3 is 14.4 Å². The second kappa shape index (κ2) is 6.33. The van der Waals surface area contributed by atoms with Crippen LogP contribution >= 0.6 is 0 Å². The van der Waals surface area contributed by atoms with Gasteiger partial charge in [-0.15, -0.1) is 0 Å². The number of nitrogens with zero attached hydrogens (tertiary/aromatic N) is 1. The summed E-state index contributed by atoms with van der Waals surface area (Å²) >= 11 is 0. The van der Waals surface area contributed by atoms with E-state index < -0.39 is 11.5 Å². The molecule has 1 heterocycles. The minimum Gasteiger partial charge on any atom is -0.479 e. The van der Waals surface area contributed by atoms with E-state index in [1.54, 1.807) is 13.1 Å². The van der Waals surface area contributed by atoms with Crippen LogP contribution in [0.15, 0.2) is 16.7 Å². The van der Waals surface area contributed by atoms with Crippen LogP contribution in [0, 0.1) is 0 Å². The number of carbonyl (C=O) groups excluding carboxylic acids is 1. The van der Waals surface area contributed by atoms with Crippen molar-refractivity contribution in [3.8, 4) is 0 Å². The van der Waals surface area contributed by atoms with E-state index in [0.29, 0.717) is 30.6 Å². The minimum absolute atomic E-state index is 0.253. The number of carbonyl (C=O) groups is 2. The highest BCUT2D eigenvalue weighted by atomic mass is 16.4. The van der Waals surface area contributed by atoms with Crippen LogP contribution < -0.4 is 0 Å². The number of amides is 1. The van der Waals surface area contributed by atoms with Crippen LogP contribution in [0.1, 0.15) is 61.6 Å². The lowest BCUT2D eigenvalue weighted by Crippen LogP contribution is -2.56. The second-order valence-electron chi connectivity index (χ2n) is 5.77. The standard InChI is InChI=1S/C16H23NO4/c1-3-7-13-12(8-11-21-13)14(18)17(2)16(15(19)20)9-5-4-6-10-16/h8,11H,3-7,9-10H2,1-2H3,(H,19,20). The molecule has 1 aliphatic carbocycles. The number of carboxylic acids is 1. The summed E-state index contributed by atoms with van der Waals surface area (Å²) in [4.78, 5) is 25.9. The van der Waals surface area contributed by atoms with Gasteiger partial charge in [0, 0.05) is 13.5 Å². The Morgan fingerprint density at radius 1 is 1.33 bits per heavy atom. The lowest BCUT2D eigenvalue weighted by atomic mass is 9.80. The Morgan fingerprint density at radius 3 is 2.57 bits per heavy atom. The van der Waals surface area contributed by atoms with Crippen molar-refractivity contribution in [1.82, 2.24) is 4.90 Å². The smallest absolute Gasteiger partial charge is 0.329 e. The van der Waals surface area contributed by atoms with Gasteiger partial charge in [-0.05, 0) is 25.3 Å².